The summed E-state index contributed by atoms with van der Waals surface area (Å²) in [4.78, 5) is 11.8. The van der Waals surface area contributed by atoms with Gasteiger partial charge < -0.3 is 11.1 Å². The minimum Gasteiger partial charge on any atom is -0.349 e. The van der Waals surface area contributed by atoms with Gasteiger partial charge in [-0.15, -0.1) is 0 Å². The minimum absolute atomic E-state index is 0.0903. The molecule has 0 heterocycles. The lowest BCUT2D eigenvalue weighted by atomic mass is 10.1. The summed E-state index contributed by atoms with van der Waals surface area (Å²) in [5.74, 6) is -2.43. The highest BCUT2D eigenvalue weighted by molar-refractivity contribution is 5.95. The Hall–Kier alpha value is -1.49. The van der Waals surface area contributed by atoms with E-state index in [-0.39, 0.29) is 17.6 Å². The maximum absolute atomic E-state index is 13.7. The van der Waals surface area contributed by atoms with Crippen LogP contribution in [0.2, 0.25) is 0 Å². The van der Waals surface area contributed by atoms with Gasteiger partial charge in [0.05, 0.1) is 0 Å². The Morgan fingerprint density at radius 2 is 2.00 bits per heavy atom. The van der Waals surface area contributed by atoms with Crippen molar-refractivity contribution >= 4 is 5.91 Å². The minimum atomic E-state index is -0.858. The first kappa shape index (κ1) is 14.6. The van der Waals surface area contributed by atoms with Gasteiger partial charge in [-0.05, 0) is 38.8 Å². The quantitative estimate of drug-likeness (QED) is 0.867. The molecule has 0 aliphatic rings. The number of nitrogens with one attached hydrogen (secondary N) is 1. The summed E-state index contributed by atoms with van der Waals surface area (Å²) in [6.45, 7) is 5.03. The molecule has 0 spiro atoms. The molecule has 18 heavy (non-hydrogen) atoms. The lowest BCUT2D eigenvalue weighted by molar-refractivity contribution is 0.0929. The van der Waals surface area contributed by atoms with E-state index in [9.17, 15) is 13.6 Å². The lowest BCUT2D eigenvalue weighted by Crippen LogP contribution is -2.37. The van der Waals surface area contributed by atoms with E-state index in [4.69, 9.17) is 5.73 Å². The average Bonchev–Trinajstić information content (AvgIpc) is 2.22. The van der Waals surface area contributed by atoms with Crippen LogP contribution in [-0.2, 0) is 0 Å². The molecule has 0 aliphatic heterocycles. The standard InChI is InChI=1S/C13H18F2N2O/c1-7-4-5-10(14)11(12(7)15)13(18)17-9(3)6-8(2)16/h4-5,8-9H,6,16H2,1-3H3,(H,17,18). The van der Waals surface area contributed by atoms with Gasteiger partial charge in [-0.2, -0.15) is 0 Å². The summed E-state index contributed by atoms with van der Waals surface area (Å²) < 4.78 is 27.2. The molecule has 5 heteroatoms. The monoisotopic (exact) mass is 256 g/mol. The molecule has 0 radical (unpaired) electrons. The van der Waals surface area contributed by atoms with Crippen molar-refractivity contribution in [3.63, 3.8) is 0 Å². The molecule has 0 fully saturated rings. The smallest absolute Gasteiger partial charge is 0.257 e. The van der Waals surface area contributed by atoms with E-state index < -0.39 is 23.1 Å². The van der Waals surface area contributed by atoms with Gasteiger partial charge in [0.15, 0.2) is 0 Å². The molecule has 2 atom stereocenters. The van der Waals surface area contributed by atoms with Crippen molar-refractivity contribution in [2.75, 3.05) is 0 Å². The van der Waals surface area contributed by atoms with Gasteiger partial charge in [-0.25, -0.2) is 8.78 Å². The van der Waals surface area contributed by atoms with Gasteiger partial charge >= 0.3 is 0 Å². The molecule has 1 aromatic carbocycles. The number of halogens is 2. The van der Waals surface area contributed by atoms with Gasteiger partial charge in [0.2, 0.25) is 0 Å². The highest BCUT2D eigenvalue weighted by Crippen LogP contribution is 2.16. The normalized spacial score (nSPS) is 14.1. The second-order valence-corrected chi connectivity index (χ2v) is 4.64. The molecule has 0 bridgehead atoms. The first-order valence-corrected chi connectivity index (χ1v) is 5.84. The Bertz CT molecular complexity index is 447. The molecule has 1 rings (SSSR count). The molecule has 1 amide bonds. The fraction of sp³-hybridized carbons (Fsp3) is 0.462. The van der Waals surface area contributed by atoms with Crippen LogP contribution in [0.5, 0.6) is 0 Å². The third-order valence-electron chi connectivity index (χ3n) is 2.61. The molecule has 0 aromatic heterocycles. The fourth-order valence-corrected chi connectivity index (χ4v) is 1.78. The van der Waals surface area contributed by atoms with E-state index in [2.05, 4.69) is 5.32 Å². The van der Waals surface area contributed by atoms with Gasteiger partial charge in [0.1, 0.15) is 17.2 Å². The van der Waals surface area contributed by atoms with Crippen molar-refractivity contribution < 1.29 is 13.6 Å². The number of amides is 1. The molecule has 0 saturated carbocycles. The zero-order chi connectivity index (χ0) is 13.9. The summed E-state index contributed by atoms with van der Waals surface area (Å²) in [6, 6.07) is 2.06. The number of aryl methyl sites for hydroxylation is 1. The van der Waals surface area contributed by atoms with Crippen LogP contribution in [0, 0.1) is 18.6 Å². The predicted molar refractivity (Wildman–Crippen MR) is 66.3 cm³/mol. The number of carbonyl (C=O) groups excluding carboxylic acids is 1. The van der Waals surface area contributed by atoms with Crippen LogP contribution in [0.25, 0.3) is 0 Å². The van der Waals surface area contributed by atoms with E-state index in [0.29, 0.717) is 6.42 Å². The van der Waals surface area contributed by atoms with Crippen molar-refractivity contribution in [2.45, 2.75) is 39.3 Å². The van der Waals surface area contributed by atoms with E-state index in [0.717, 1.165) is 6.07 Å². The Morgan fingerprint density at radius 3 is 2.56 bits per heavy atom. The number of hydrogen-bond acceptors (Lipinski definition) is 2. The summed E-state index contributed by atoms with van der Waals surface area (Å²) >= 11 is 0. The molecule has 1 aromatic rings. The van der Waals surface area contributed by atoms with Crippen molar-refractivity contribution in [3.8, 4) is 0 Å². The number of rotatable bonds is 4. The maximum Gasteiger partial charge on any atom is 0.257 e. The Kier molecular flexibility index (Phi) is 4.78. The largest absolute Gasteiger partial charge is 0.349 e. The third kappa shape index (κ3) is 3.50. The molecule has 3 nitrogen and oxygen atoms in total. The van der Waals surface area contributed by atoms with Gasteiger partial charge in [0.25, 0.3) is 5.91 Å². The van der Waals surface area contributed by atoms with Crippen molar-refractivity contribution in [2.24, 2.45) is 5.73 Å². The molecule has 3 N–H and O–H groups in total. The molecule has 0 aliphatic carbocycles. The van der Waals surface area contributed by atoms with Crippen molar-refractivity contribution in [1.29, 1.82) is 0 Å². The topological polar surface area (TPSA) is 55.1 Å². The SMILES string of the molecule is Cc1ccc(F)c(C(=O)NC(C)CC(C)N)c1F. The Balaban J connectivity index is 2.88. The summed E-state index contributed by atoms with van der Waals surface area (Å²) in [5.41, 5.74) is 5.29. The van der Waals surface area contributed by atoms with Crippen molar-refractivity contribution in [1.82, 2.24) is 5.32 Å². The van der Waals surface area contributed by atoms with E-state index >= 15 is 0 Å². The highest BCUT2D eigenvalue weighted by Gasteiger charge is 2.20. The first-order valence-electron chi connectivity index (χ1n) is 5.84. The summed E-state index contributed by atoms with van der Waals surface area (Å²) in [6.07, 6.45) is 0.542. The van der Waals surface area contributed by atoms with Crippen LogP contribution in [0.4, 0.5) is 8.78 Å². The summed E-state index contributed by atoms with van der Waals surface area (Å²) in [5, 5.41) is 2.54. The Labute approximate surface area is 105 Å². The maximum atomic E-state index is 13.7. The van der Waals surface area contributed by atoms with Crippen LogP contribution < -0.4 is 11.1 Å². The van der Waals surface area contributed by atoms with Crippen LogP contribution in [0.15, 0.2) is 12.1 Å². The second-order valence-electron chi connectivity index (χ2n) is 4.64. The lowest BCUT2D eigenvalue weighted by Gasteiger charge is -2.16. The summed E-state index contributed by atoms with van der Waals surface area (Å²) in [7, 11) is 0. The molecular formula is C13H18F2N2O. The molecular weight excluding hydrogens is 238 g/mol. The van der Waals surface area contributed by atoms with E-state index in [1.807, 2.05) is 0 Å². The number of benzene rings is 1. The van der Waals surface area contributed by atoms with Gasteiger partial charge in [-0.1, -0.05) is 6.07 Å². The number of hydrogen-bond donors (Lipinski definition) is 2. The first-order chi connectivity index (χ1) is 8.32. The van der Waals surface area contributed by atoms with E-state index in [1.54, 1.807) is 13.8 Å². The highest BCUT2D eigenvalue weighted by atomic mass is 19.1. The van der Waals surface area contributed by atoms with Gasteiger partial charge in [0, 0.05) is 12.1 Å². The molecule has 100 valence electrons. The van der Waals surface area contributed by atoms with E-state index in [1.165, 1.54) is 13.0 Å². The van der Waals surface area contributed by atoms with Crippen LogP contribution in [0.1, 0.15) is 36.2 Å². The Morgan fingerprint density at radius 1 is 1.39 bits per heavy atom. The van der Waals surface area contributed by atoms with Crippen LogP contribution in [0.3, 0.4) is 0 Å². The number of carbonyl (C=O) groups is 1. The predicted octanol–water partition coefficient (Wildman–Crippen LogP) is 2.13. The molecule has 2 unspecified atom stereocenters. The zero-order valence-corrected chi connectivity index (χ0v) is 10.8. The zero-order valence-electron chi connectivity index (χ0n) is 10.8. The van der Waals surface area contributed by atoms with Crippen LogP contribution in [-0.4, -0.2) is 18.0 Å². The fourth-order valence-electron chi connectivity index (χ4n) is 1.78. The number of nitrogens with two attached hydrogens (primary N) is 1. The van der Waals surface area contributed by atoms with Gasteiger partial charge in [-0.3, -0.25) is 4.79 Å². The van der Waals surface area contributed by atoms with Crippen molar-refractivity contribution in [3.05, 3.63) is 34.9 Å². The molecule has 0 saturated heterocycles. The average molecular weight is 256 g/mol. The second kappa shape index (κ2) is 5.91. The van der Waals surface area contributed by atoms with Crippen LogP contribution >= 0.6 is 0 Å². The third-order valence-corrected chi connectivity index (χ3v) is 2.61.